The first kappa shape index (κ1) is 13.0. The first-order chi connectivity index (χ1) is 8.99. The van der Waals surface area contributed by atoms with Gasteiger partial charge in [0, 0.05) is 16.8 Å². The normalized spacial score (nSPS) is 10.2. The molecule has 0 unspecified atom stereocenters. The minimum atomic E-state index is -0.330. The summed E-state index contributed by atoms with van der Waals surface area (Å²) in [5, 5.41) is 21.9. The molecule has 0 heterocycles. The molecule has 0 saturated carbocycles. The largest absolute Gasteiger partial charge is 0.508 e. The Balaban J connectivity index is 2.26. The molecule has 0 fully saturated rings. The van der Waals surface area contributed by atoms with Crippen molar-refractivity contribution >= 4 is 11.6 Å². The van der Waals surface area contributed by atoms with Gasteiger partial charge < -0.3 is 15.5 Å². The third-order valence-corrected chi connectivity index (χ3v) is 3.02. The average molecular weight is 257 g/mol. The predicted octanol–water partition coefficient (Wildman–Crippen LogP) is 2.97. The number of carbonyl (C=O) groups excluding carboxylic acids is 1. The second-order valence-corrected chi connectivity index (χ2v) is 4.41. The lowest BCUT2D eigenvalue weighted by atomic mass is 10.1. The summed E-state index contributed by atoms with van der Waals surface area (Å²) in [5.74, 6) is -0.117. The smallest absolute Gasteiger partial charge is 0.255 e. The number of aryl methyl sites for hydroxylation is 1. The van der Waals surface area contributed by atoms with E-state index in [9.17, 15) is 15.0 Å². The number of hydrogen-bond donors (Lipinski definition) is 3. The summed E-state index contributed by atoms with van der Waals surface area (Å²) in [6.07, 6.45) is 0. The molecule has 4 nitrogen and oxygen atoms in total. The number of amides is 1. The van der Waals surface area contributed by atoms with Crippen LogP contribution in [0.2, 0.25) is 0 Å². The standard InChI is InChI=1S/C15H15NO3/c1-9-6-7-11(8-14(9)18)15(19)16-12-4-3-5-13(17)10(12)2/h3-8,17-18H,1-2H3,(H,16,19). The van der Waals surface area contributed by atoms with Crippen molar-refractivity contribution in [2.75, 3.05) is 5.32 Å². The third kappa shape index (κ3) is 2.68. The maximum absolute atomic E-state index is 12.0. The monoisotopic (exact) mass is 257 g/mol. The van der Waals surface area contributed by atoms with Crippen molar-refractivity contribution in [3.63, 3.8) is 0 Å². The van der Waals surface area contributed by atoms with E-state index in [1.165, 1.54) is 6.07 Å². The molecule has 0 radical (unpaired) electrons. The van der Waals surface area contributed by atoms with Crippen LogP contribution in [-0.4, -0.2) is 16.1 Å². The molecule has 19 heavy (non-hydrogen) atoms. The van der Waals surface area contributed by atoms with Crippen molar-refractivity contribution in [2.45, 2.75) is 13.8 Å². The van der Waals surface area contributed by atoms with E-state index in [1.54, 1.807) is 44.2 Å². The Bertz CT molecular complexity index is 635. The first-order valence-corrected chi connectivity index (χ1v) is 5.88. The van der Waals surface area contributed by atoms with Crippen molar-refractivity contribution in [3.8, 4) is 11.5 Å². The summed E-state index contributed by atoms with van der Waals surface area (Å²) in [7, 11) is 0. The summed E-state index contributed by atoms with van der Waals surface area (Å²) in [6, 6.07) is 9.67. The minimum absolute atomic E-state index is 0.0836. The lowest BCUT2D eigenvalue weighted by molar-refractivity contribution is 0.102. The van der Waals surface area contributed by atoms with Crippen LogP contribution in [0.25, 0.3) is 0 Å². The van der Waals surface area contributed by atoms with E-state index in [0.29, 0.717) is 22.4 Å². The van der Waals surface area contributed by atoms with Crippen molar-refractivity contribution in [1.82, 2.24) is 0 Å². The van der Waals surface area contributed by atoms with Crippen molar-refractivity contribution in [3.05, 3.63) is 53.1 Å². The van der Waals surface area contributed by atoms with Gasteiger partial charge >= 0.3 is 0 Å². The van der Waals surface area contributed by atoms with Gasteiger partial charge in [-0.25, -0.2) is 0 Å². The fraction of sp³-hybridized carbons (Fsp3) is 0.133. The van der Waals surface area contributed by atoms with E-state index < -0.39 is 0 Å². The van der Waals surface area contributed by atoms with Crippen molar-refractivity contribution < 1.29 is 15.0 Å². The van der Waals surface area contributed by atoms with Gasteiger partial charge in [-0.2, -0.15) is 0 Å². The van der Waals surface area contributed by atoms with E-state index in [1.807, 2.05) is 0 Å². The van der Waals surface area contributed by atoms with Crippen LogP contribution in [0.15, 0.2) is 36.4 Å². The number of phenolic OH excluding ortho intramolecular Hbond substituents is 2. The van der Waals surface area contributed by atoms with Gasteiger partial charge in [0.05, 0.1) is 0 Å². The molecule has 4 heteroatoms. The molecular formula is C15H15NO3. The van der Waals surface area contributed by atoms with Crippen LogP contribution in [0.1, 0.15) is 21.5 Å². The second kappa shape index (κ2) is 5.02. The molecule has 2 rings (SSSR count). The molecule has 0 spiro atoms. The number of nitrogens with one attached hydrogen (secondary N) is 1. The fourth-order valence-electron chi connectivity index (χ4n) is 1.70. The summed E-state index contributed by atoms with van der Waals surface area (Å²) in [6.45, 7) is 3.48. The summed E-state index contributed by atoms with van der Waals surface area (Å²) >= 11 is 0. The predicted molar refractivity (Wildman–Crippen MR) is 73.6 cm³/mol. The zero-order valence-electron chi connectivity index (χ0n) is 10.8. The highest BCUT2D eigenvalue weighted by molar-refractivity contribution is 6.05. The van der Waals surface area contributed by atoms with Crippen LogP contribution in [0.3, 0.4) is 0 Å². The number of hydrogen-bond acceptors (Lipinski definition) is 3. The van der Waals surface area contributed by atoms with Crippen LogP contribution in [0, 0.1) is 13.8 Å². The summed E-state index contributed by atoms with van der Waals surface area (Å²) in [5.41, 5.74) is 2.23. The minimum Gasteiger partial charge on any atom is -0.508 e. The van der Waals surface area contributed by atoms with E-state index in [0.717, 1.165) is 0 Å². The Morgan fingerprint density at radius 2 is 1.79 bits per heavy atom. The SMILES string of the molecule is Cc1ccc(C(=O)Nc2cccc(O)c2C)cc1O. The van der Waals surface area contributed by atoms with Gasteiger partial charge in [0.25, 0.3) is 5.91 Å². The van der Waals surface area contributed by atoms with Gasteiger partial charge in [0.2, 0.25) is 0 Å². The van der Waals surface area contributed by atoms with Gasteiger partial charge in [0.15, 0.2) is 0 Å². The molecule has 0 bridgehead atoms. The number of anilines is 1. The van der Waals surface area contributed by atoms with Crippen molar-refractivity contribution in [2.24, 2.45) is 0 Å². The molecular weight excluding hydrogens is 242 g/mol. The molecule has 0 aliphatic rings. The van der Waals surface area contributed by atoms with Gasteiger partial charge in [-0.05, 0) is 43.7 Å². The maximum Gasteiger partial charge on any atom is 0.255 e. The van der Waals surface area contributed by atoms with E-state index in [-0.39, 0.29) is 17.4 Å². The first-order valence-electron chi connectivity index (χ1n) is 5.88. The van der Waals surface area contributed by atoms with E-state index >= 15 is 0 Å². The Hall–Kier alpha value is -2.49. The Kier molecular flexibility index (Phi) is 3.42. The number of rotatable bonds is 2. The van der Waals surface area contributed by atoms with E-state index in [4.69, 9.17) is 0 Å². The molecule has 0 aromatic heterocycles. The maximum atomic E-state index is 12.0. The molecule has 0 aliphatic heterocycles. The number of aromatic hydroxyl groups is 2. The third-order valence-electron chi connectivity index (χ3n) is 3.02. The number of benzene rings is 2. The number of carbonyl (C=O) groups is 1. The van der Waals surface area contributed by atoms with Gasteiger partial charge in [0.1, 0.15) is 11.5 Å². The second-order valence-electron chi connectivity index (χ2n) is 4.41. The van der Waals surface area contributed by atoms with Crippen LogP contribution < -0.4 is 5.32 Å². The molecule has 98 valence electrons. The number of phenols is 2. The molecule has 0 atom stereocenters. The Morgan fingerprint density at radius 1 is 1.05 bits per heavy atom. The van der Waals surface area contributed by atoms with Gasteiger partial charge in [-0.1, -0.05) is 12.1 Å². The zero-order chi connectivity index (χ0) is 14.0. The Labute approximate surface area is 111 Å². The highest BCUT2D eigenvalue weighted by Gasteiger charge is 2.10. The lowest BCUT2D eigenvalue weighted by Gasteiger charge is -2.10. The van der Waals surface area contributed by atoms with Gasteiger partial charge in [-0.3, -0.25) is 4.79 Å². The molecule has 2 aromatic carbocycles. The van der Waals surface area contributed by atoms with Crippen molar-refractivity contribution in [1.29, 1.82) is 0 Å². The topological polar surface area (TPSA) is 69.6 Å². The zero-order valence-corrected chi connectivity index (χ0v) is 10.8. The summed E-state index contributed by atoms with van der Waals surface area (Å²) in [4.78, 5) is 12.0. The van der Waals surface area contributed by atoms with Crippen LogP contribution in [0.4, 0.5) is 5.69 Å². The van der Waals surface area contributed by atoms with Gasteiger partial charge in [-0.15, -0.1) is 0 Å². The fourth-order valence-corrected chi connectivity index (χ4v) is 1.70. The molecule has 0 saturated heterocycles. The molecule has 1 amide bonds. The molecule has 0 aliphatic carbocycles. The summed E-state index contributed by atoms with van der Waals surface area (Å²) < 4.78 is 0. The molecule has 3 N–H and O–H groups in total. The highest BCUT2D eigenvalue weighted by Crippen LogP contribution is 2.25. The molecule has 2 aromatic rings. The van der Waals surface area contributed by atoms with Crippen LogP contribution in [0.5, 0.6) is 11.5 Å². The highest BCUT2D eigenvalue weighted by atomic mass is 16.3. The van der Waals surface area contributed by atoms with Crippen LogP contribution in [-0.2, 0) is 0 Å². The average Bonchev–Trinajstić information content (AvgIpc) is 2.38. The lowest BCUT2D eigenvalue weighted by Crippen LogP contribution is -2.12. The van der Waals surface area contributed by atoms with Crippen LogP contribution >= 0.6 is 0 Å². The van der Waals surface area contributed by atoms with E-state index in [2.05, 4.69) is 5.32 Å². The quantitative estimate of drug-likeness (QED) is 0.774. The Morgan fingerprint density at radius 3 is 2.47 bits per heavy atom.